The van der Waals surface area contributed by atoms with Crippen LogP contribution in [0.25, 0.3) is 0 Å². The third-order valence-electron chi connectivity index (χ3n) is 2.14. The van der Waals surface area contributed by atoms with Gasteiger partial charge in [-0.1, -0.05) is 32.9 Å². The van der Waals surface area contributed by atoms with Gasteiger partial charge in [-0.3, -0.25) is 0 Å². The predicted molar refractivity (Wildman–Crippen MR) is 64.3 cm³/mol. The van der Waals surface area contributed by atoms with Crippen molar-refractivity contribution in [3.05, 3.63) is 29.8 Å². The highest BCUT2D eigenvalue weighted by atomic mass is 19.4. The molecule has 0 saturated heterocycles. The van der Waals surface area contributed by atoms with Crippen molar-refractivity contribution in [1.29, 1.82) is 0 Å². The lowest BCUT2D eigenvalue weighted by Crippen LogP contribution is -2.26. The Morgan fingerprint density at radius 3 is 2.06 bits per heavy atom. The Kier molecular flexibility index (Phi) is 4.62. The number of ether oxygens (including phenoxy) is 1. The molecule has 0 atom stereocenters. The van der Waals surface area contributed by atoms with Crippen molar-refractivity contribution in [2.75, 3.05) is 6.54 Å². The number of halogens is 3. The van der Waals surface area contributed by atoms with E-state index in [2.05, 4.69) is 30.8 Å². The molecule has 0 aliphatic rings. The Morgan fingerprint density at radius 2 is 1.61 bits per heavy atom. The molecule has 0 unspecified atom stereocenters. The van der Waals surface area contributed by atoms with Crippen molar-refractivity contribution in [3.63, 3.8) is 0 Å². The number of alkyl halides is 3. The van der Waals surface area contributed by atoms with Gasteiger partial charge in [-0.2, -0.15) is 0 Å². The van der Waals surface area contributed by atoms with E-state index in [9.17, 15) is 13.2 Å². The van der Waals surface area contributed by atoms with Crippen LogP contribution in [-0.4, -0.2) is 12.9 Å². The number of hydrogen-bond acceptors (Lipinski definition) is 2. The minimum atomic E-state index is -4.63. The van der Waals surface area contributed by atoms with E-state index in [1.807, 2.05) is 0 Å². The maximum absolute atomic E-state index is 11.9. The number of hydrogen-bond donors (Lipinski definition) is 1. The van der Waals surface area contributed by atoms with Crippen LogP contribution in [0.5, 0.6) is 5.75 Å². The van der Waals surface area contributed by atoms with Gasteiger partial charge < -0.3 is 10.1 Å². The van der Waals surface area contributed by atoms with Gasteiger partial charge >= 0.3 is 6.36 Å². The molecule has 0 saturated carbocycles. The van der Waals surface area contributed by atoms with Crippen molar-refractivity contribution < 1.29 is 17.9 Å². The lowest BCUT2D eigenvalue weighted by molar-refractivity contribution is -0.274. The van der Waals surface area contributed by atoms with Crippen LogP contribution in [0.15, 0.2) is 24.3 Å². The first-order valence-corrected chi connectivity index (χ1v) is 5.71. The molecule has 0 bridgehead atoms. The molecule has 0 radical (unpaired) electrons. The normalized spacial score (nSPS) is 12.6. The van der Waals surface area contributed by atoms with Crippen LogP contribution in [0.2, 0.25) is 0 Å². The van der Waals surface area contributed by atoms with E-state index in [1.54, 1.807) is 12.1 Å². The molecule has 1 aromatic carbocycles. The Morgan fingerprint density at radius 1 is 1.06 bits per heavy atom. The van der Waals surface area contributed by atoms with Crippen LogP contribution in [0.4, 0.5) is 13.2 Å². The highest BCUT2D eigenvalue weighted by molar-refractivity contribution is 5.27. The van der Waals surface area contributed by atoms with E-state index >= 15 is 0 Å². The van der Waals surface area contributed by atoms with Gasteiger partial charge in [0.15, 0.2) is 0 Å². The van der Waals surface area contributed by atoms with Crippen LogP contribution in [0.1, 0.15) is 26.3 Å². The zero-order chi connectivity index (χ0) is 13.8. The summed E-state index contributed by atoms with van der Waals surface area (Å²) in [5.74, 6) is -0.193. The molecule has 102 valence electrons. The molecule has 0 fully saturated rings. The summed E-state index contributed by atoms with van der Waals surface area (Å²) in [5.41, 5.74) is 1.10. The molecular formula is C13H18F3NO. The summed E-state index contributed by atoms with van der Waals surface area (Å²) in [7, 11) is 0. The third kappa shape index (κ3) is 6.49. The lowest BCUT2D eigenvalue weighted by Gasteiger charge is -2.18. The molecule has 2 nitrogen and oxygen atoms in total. The second-order valence-corrected chi connectivity index (χ2v) is 5.36. The highest BCUT2D eigenvalue weighted by Gasteiger charge is 2.30. The molecule has 0 amide bonds. The average molecular weight is 261 g/mol. The first-order valence-electron chi connectivity index (χ1n) is 5.71. The molecule has 0 aromatic heterocycles. The van der Waals surface area contributed by atoms with Crippen LogP contribution in [0.3, 0.4) is 0 Å². The highest BCUT2D eigenvalue weighted by Crippen LogP contribution is 2.22. The summed E-state index contributed by atoms with van der Waals surface area (Å²) >= 11 is 0. The third-order valence-corrected chi connectivity index (χ3v) is 2.14. The minimum Gasteiger partial charge on any atom is -0.406 e. The summed E-state index contributed by atoms with van der Waals surface area (Å²) in [4.78, 5) is 0. The van der Waals surface area contributed by atoms with Crippen LogP contribution in [0, 0.1) is 5.41 Å². The van der Waals surface area contributed by atoms with Gasteiger partial charge in [-0.15, -0.1) is 13.2 Å². The number of rotatable bonds is 4. The Hall–Kier alpha value is -1.23. The standard InChI is InChI=1S/C13H18F3NO/c1-12(2,3)9-17-8-10-4-6-11(7-5-10)18-13(14,15)16/h4-7,17H,8-9H2,1-3H3. The Balaban J connectivity index is 2.46. The van der Waals surface area contributed by atoms with Gasteiger partial charge in [0, 0.05) is 13.1 Å². The summed E-state index contributed by atoms with van der Waals surface area (Å²) in [6.07, 6.45) is -4.63. The second-order valence-electron chi connectivity index (χ2n) is 5.36. The first-order chi connectivity index (χ1) is 8.16. The molecule has 0 heterocycles. The monoisotopic (exact) mass is 261 g/mol. The van der Waals surface area contributed by atoms with Crippen molar-refractivity contribution in [2.24, 2.45) is 5.41 Å². The molecular weight excluding hydrogens is 243 g/mol. The quantitative estimate of drug-likeness (QED) is 0.891. The predicted octanol–water partition coefficient (Wildman–Crippen LogP) is 3.72. The number of benzene rings is 1. The second kappa shape index (κ2) is 5.61. The average Bonchev–Trinajstić information content (AvgIpc) is 2.16. The summed E-state index contributed by atoms with van der Waals surface area (Å²) in [5, 5.41) is 3.25. The smallest absolute Gasteiger partial charge is 0.406 e. The maximum Gasteiger partial charge on any atom is 0.573 e. The summed E-state index contributed by atoms with van der Waals surface area (Å²) in [6, 6.07) is 5.89. The van der Waals surface area contributed by atoms with Crippen molar-refractivity contribution in [2.45, 2.75) is 33.7 Å². The molecule has 1 N–H and O–H groups in total. The Bertz CT molecular complexity index is 365. The number of nitrogens with one attached hydrogen (secondary N) is 1. The van der Waals surface area contributed by atoms with E-state index in [4.69, 9.17) is 0 Å². The van der Waals surface area contributed by atoms with Crippen LogP contribution >= 0.6 is 0 Å². The molecule has 18 heavy (non-hydrogen) atoms. The topological polar surface area (TPSA) is 21.3 Å². The maximum atomic E-state index is 11.9. The van der Waals surface area contributed by atoms with Crippen molar-refractivity contribution >= 4 is 0 Å². The van der Waals surface area contributed by atoms with E-state index in [1.165, 1.54) is 12.1 Å². The molecule has 0 spiro atoms. The molecule has 5 heteroatoms. The largest absolute Gasteiger partial charge is 0.573 e. The fourth-order valence-corrected chi connectivity index (χ4v) is 1.39. The van der Waals surface area contributed by atoms with Gasteiger partial charge in [0.2, 0.25) is 0 Å². The van der Waals surface area contributed by atoms with E-state index in [0.717, 1.165) is 12.1 Å². The van der Waals surface area contributed by atoms with E-state index in [0.29, 0.717) is 6.54 Å². The van der Waals surface area contributed by atoms with Crippen molar-refractivity contribution in [3.8, 4) is 5.75 Å². The zero-order valence-corrected chi connectivity index (χ0v) is 10.8. The van der Waals surface area contributed by atoms with Gasteiger partial charge in [0.25, 0.3) is 0 Å². The van der Waals surface area contributed by atoms with Crippen molar-refractivity contribution in [1.82, 2.24) is 5.32 Å². The minimum absolute atomic E-state index is 0.180. The van der Waals surface area contributed by atoms with Crippen LogP contribution in [-0.2, 0) is 6.54 Å². The fourth-order valence-electron chi connectivity index (χ4n) is 1.39. The van der Waals surface area contributed by atoms with Gasteiger partial charge in [-0.05, 0) is 23.1 Å². The summed E-state index contributed by atoms with van der Waals surface area (Å²) < 4.78 is 39.6. The van der Waals surface area contributed by atoms with E-state index in [-0.39, 0.29) is 11.2 Å². The van der Waals surface area contributed by atoms with E-state index < -0.39 is 6.36 Å². The van der Waals surface area contributed by atoms with Crippen LogP contribution < -0.4 is 10.1 Å². The fraction of sp³-hybridized carbons (Fsp3) is 0.538. The molecule has 1 aromatic rings. The molecule has 1 rings (SSSR count). The van der Waals surface area contributed by atoms with Gasteiger partial charge in [0.05, 0.1) is 0 Å². The van der Waals surface area contributed by atoms with Gasteiger partial charge in [0.1, 0.15) is 5.75 Å². The molecule has 0 aliphatic carbocycles. The lowest BCUT2D eigenvalue weighted by atomic mass is 9.97. The summed E-state index contributed by atoms with van der Waals surface area (Å²) in [6.45, 7) is 7.80. The SMILES string of the molecule is CC(C)(C)CNCc1ccc(OC(F)(F)F)cc1. The first kappa shape index (κ1) is 14.8. The molecule has 0 aliphatic heterocycles. The Labute approximate surface area is 105 Å². The zero-order valence-electron chi connectivity index (χ0n) is 10.8. The van der Waals surface area contributed by atoms with Gasteiger partial charge in [-0.25, -0.2) is 0 Å².